The molecular formula is C45H45N3O3S2. The van der Waals surface area contributed by atoms with Crippen molar-refractivity contribution in [3.05, 3.63) is 172 Å². The molecule has 6 aromatic rings. The smallest absolute Gasteiger partial charge is 0.410 e. The molecule has 1 saturated heterocycles. The van der Waals surface area contributed by atoms with Crippen molar-refractivity contribution in [3.63, 3.8) is 0 Å². The lowest BCUT2D eigenvalue weighted by Crippen LogP contribution is -2.50. The minimum atomic E-state index is -0.665. The fourth-order valence-electron chi connectivity index (χ4n) is 7.42. The Morgan fingerprint density at radius 3 is 1.98 bits per heavy atom. The molecule has 53 heavy (non-hydrogen) atoms. The van der Waals surface area contributed by atoms with Gasteiger partial charge in [-0.1, -0.05) is 133 Å². The van der Waals surface area contributed by atoms with Gasteiger partial charge in [0.1, 0.15) is 10.5 Å². The van der Waals surface area contributed by atoms with Crippen LogP contribution in [-0.4, -0.2) is 63.3 Å². The Hall–Kier alpha value is -4.92. The van der Waals surface area contributed by atoms with Crippen LogP contribution in [0.15, 0.2) is 145 Å². The first kappa shape index (κ1) is 36.4. The molecule has 2 heterocycles. The molecule has 0 saturated carbocycles. The van der Waals surface area contributed by atoms with Crippen LogP contribution in [0.1, 0.15) is 59.1 Å². The van der Waals surface area contributed by atoms with Crippen LogP contribution in [0.4, 0.5) is 4.79 Å². The van der Waals surface area contributed by atoms with E-state index in [0.29, 0.717) is 30.9 Å². The maximum atomic E-state index is 14.4. The monoisotopic (exact) mass is 739 g/mol. The summed E-state index contributed by atoms with van der Waals surface area (Å²) in [6.45, 7) is 7.07. The quantitative estimate of drug-likeness (QED) is 0.124. The molecule has 1 aliphatic rings. The molecule has 0 aliphatic carbocycles. The van der Waals surface area contributed by atoms with Crippen molar-refractivity contribution in [2.75, 3.05) is 19.6 Å². The number of hydrogen-bond donors (Lipinski definition) is 0. The predicted molar refractivity (Wildman–Crippen MR) is 218 cm³/mol. The van der Waals surface area contributed by atoms with E-state index in [4.69, 9.17) is 4.74 Å². The fraction of sp³-hybridized carbons (Fsp3) is 0.267. The largest absolute Gasteiger partial charge is 0.444 e. The standard InChI is InChI=1S/C45H45N3O3S2/c1-44(2,3)51-43(50)48-29-27-40(53-45(35-19-7-4-8-20-35,36-21-9-5-10-22-36)37-23-11-6-12-24-37)39(48)31-47(42(49)41-30-46-32-52-41)28-26-34-18-15-17-33-16-13-14-25-38(33)34/h4-25,30,32,39-40H,26-29,31H2,1-3H3/t39-,40-/m0/s1. The normalized spacial score (nSPS) is 16.1. The highest BCUT2D eigenvalue weighted by atomic mass is 32.2. The first-order valence-electron chi connectivity index (χ1n) is 18.2. The molecule has 270 valence electrons. The zero-order chi connectivity index (χ0) is 36.8. The number of fused-ring (bicyclic) bond motifs is 1. The Morgan fingerprint density at radius 1 is 0.811 bits per heavy atom. The summed E-state index contributed by atoms with van der Waals surface area (Å²) in [4.78, 5) is 37.1. The van der Waals surface area contributed by atoms with E-state index in [1.165, 1.54) is 27.7 Å². The third-order valence-corrected chi connectivity index (χ3v) is 12.5. The average molecular weight is 740 g/mol. The molecule has 1 aliphatic heterocycles. The predicted octanol–water partition coefficient (Wildman–Crippen LogP) is 10.1. The summed E-state index contributed by atoms with van der Waals surface area (Å²) in [6.07, 6.45) is 2.71. The van der Waals surface area contributed by atoms with Crippen LogP contribution in [0.5, 0.6) is 0 Å². The van der Waals surface area contributed by atoms with Crippen molar-refractivity contribution in [2.45, 2.75) is 55.3 Å². The number of thiazole rings is 1. The topological polar surface area (TPSA) is 62.7 Å². The lowest BCUT2D eigenvalue weighted by molar-refractivity contribution is 0.0194. The maximum absolute atomic E-state index is 14.4. The van der Waals surface area contributed by atoms with E-state index in [1.54, 1.807) is 11.7 Å². The van der Waals surface area contributed by atoms with Gasteiger partial charge in [-0.3, -0.25) is 9.78 Å². The molecule has 0 radical (unpaired) electrons. The van der Waals surface area contributed by atoms with Crippen molar-refractivity contribution in [1.82, 2.24) is 14.8 Å². The summed E-state index contributed by atoms with van der Waals surface area (Å²) in [6, 6.07) is 46.3. The van der Waals surface area contributed by atoms with Gasteiger partial charge in [0, 0.05) is 24.9 Å². The number of thioether (sulfide) groups is 1. The highest BCUT2D eigenvalue weighted by Crippen LogP contribution is 2.52. The van der Waals surface area contributed by atoms with Gasteiger partial charge >= 0.3 is 6.09 Å². The van der Waals surface area contributed by atoms with E-state index < -0.39 is 10.3 Å². The van der Waals surface area contributed by atoms with Gasteiger partial charge < -0.3 is 14.5 Å². The van der Waals surface area contributed by atoms with Crippen LogP contribution in [0.2, 0.25) is 0 Å². The summed E-state index contributed by atoms with van der Waals surface area (Å²) >= 11 is 3.22. The third-order valence-electron chi connectivity index (χ3n) is 9.85. The summed E-state index contributed by atoms with van der Waals surface area (Å²) in [5.41, 5.74) is 5.69. The number of amides is 2. The summed E-state index contributed by atoms with van der Waals surface area (Å²) in [7, 11) is 0. The Balaban J connectivity index is 1.30. The molecule has 0 bridgehead atoms. The van der Waals surface area contributed by atoms with E-state index >= 15 is 0 Å². The van der Waals surface area contributed by atoms with Gasteiger partial charge in [0.15, 0.2) is 0 Å². The molecule has 5 aromatic carbocycles. The third kappa shape index (κ3) is 8.04. The molecule has 8 heteroatoms. The summed E-state index contributed by atoms with van der Waals surface area (Å²) in [5.74, 6) is -0.0760. The Kier molecular flexibility index (Phi) is 11.0. The van der Waals surface area contributed by atoms with E-state index in [9.17, 15) is 9.59 Å². The number of rotatable bonds is 11. The van der Waals surface area contributed by atoms with Crippen LogP contribution in [-0.2, 0) is 15.9 Å². The van der Waals surface area contributed by atoms with Crippen molar-refractivity contribution in [2.24, 2.45) is 0 Å². The van der Waals surface area contributed by atoms with Crippen LogP contribution in [0.25, 0.3) is 10.8 Å². The number of likely N-dealkylation sites (tertiary alicyclic amines) is 1. The molecular weight excluding hydrogens is 695 g/mol. The van der Waals surface area contributed by atoms with Crippen LogP contribution in [0, 0.1) is 0 Å². The highest BCUT2D eigenvalue weighted by Gasteiger charge is 2.47. The molecule has 1 aromatic heterocycles. The fourth-order valence-corrected chi connectivity index (χ4v) is 9.89. The first-order chi connectivity index (χ1) is 25.7. The molecule has 6 nitrogen and oxygen atoms in total. The van der Waals surface area contributed by atoms with Gasteiger partial charge in [0.2, 0.25) is 0 Å². The number of carbonyl (C=O) groups is 2. The van der Waals surface area contributed by atoms with Gasteiger partial charge in [0.25, 0.3) is 5.91 Å². The first-order valence-corrected chi connectivity index (χ1v) is 20.0. The molecule has 2 amide bonds. The maximum Gasteiger partial charge on any atom is 0.410 e. The molecule has 2 atom stereocenters. The highest BCUT2D eigenvalue weighted by molar-refractivity contribution is 8.01. The lowest BCUT2D eigenvalue weighted by Gasteiger charge is -2.40. The van der Waals surface area contributed by atoms with E-state index in [-0.39, 0.29) is 23.3 Å². The molecule has 0 unspecified atom stereocenters. The zero-order valence-corrected chi connectivity index (χ0v) is 32.1. The number of ether oxygens (including phenoxy) is 1. The van der Waals surface area contributed by atoms with Gasteiger partial charge in [-0.05, 0) is 66.6 Å². The van der Waals surface area contributed by atoms with E-state index in [1.807, 2.05) is 42.3 Å². The van der Waals surface area contributed by atoms with Crippen molar-refractivity contribution < 1.29 is 14.3 Å². The second-order valence-electron chi connectivity index (χ2n) is 14.5. The summed E-state index contributed by atoms with van der Waals surface area (Å²) < 4.78 is 5.45. The SMILES string of the molecule is CC(C)(C)OC(=O)N1CC[C@H](SC(c2ccccc2)(c2ccccc2)c2ccccc2)[C@@H]1CN(CCc1cccc2ccccc12)C(=O)c1cncs1. The van der Waals surface area contributed by atoms with Gasteiger partial charge in [-0.2, -0.15) is 0 Å². The number of benzene rings is 5. The van der Waals surface area contributed by atoms with Crippen LogP contribution >= 0.6 is 23.1 Å². The van der Waals surface area contributed by atoms with E-state index in [0.717, 1.165) is 23.1 Å². The van der Waals surface area contributed by atoms with Crippen LogP contribution < -0.4 is 0 Å². The van der Waals surface area contributed by atoms with Crippen molar-refractivity contribution >= 4 is 45.9 Å². The number of nitrogens with zero attached hydrogens (tertiary/aromatic N) is 3. The molecule has 1 fully saturated rings. The molecule has 7 rings (SSSR count). The van der Waals surface area contributed by atoms with Crippen molar-refractivity contribution in [1.29, 1.82) is 0 Å². The second kappa shape index (κ2) is 16.0. The minimum absolute atomic E-state index is 0.0440. The second-order valence-corrected chi connectivity index (χ2v) is 16.8. The lowest BCUT2D eigenvalue weighted by atomic mass is 9.84. The minimum Gasteiger partial charge on any atom is -0.444 e. The van der Waals surface area contributed by atoms with Gasteiger partial charge in [0.05, 0.1) is 22.5 Å². The Morgan fingerprint density at radius 2 is 1.40 bits per heavy atom. The average Bonchev–Trinajstić information content (AvgIpc) is 3.86. The van der Waals surface area contributed by atoms with Gasteiger partial charge in [-0.15, -0.1) is 23.1 Å². The number of aromatic nitrogens is 1. The molecule has 0 spiro atoms. The van der Waals surface area contributed by atoms with E-state index in [2.05, 4.69) is 138 Å². The van der Waals surface area contributed by atoms with Crippen LogP contribution in [0.3, 0.4) is 0 Å². The summed E-state index contributed by atoms with van der Waals surface area (Å²) in [5, 5.41) is 2.31. The Labute approximate surface area is 320 Å². The zero-order valence-electron chi connectivity index (χ0n) is 30.4. The van der Waals surface area contributed by atoms with Crippen molar-refractivity contribution in [3.8, 4) is 0 Å². The Bertz CT molecular complexity index is 2020. The molecule has 0 N–H and O–H groups in total. The number of carbonyl (C=O) groups excluding carboxylic acids is 2. The van der Waals surface area contributed by atoms with Gasteiger partial charge in [-0.25, -0.2) is 4.79 Å². The number of hydrogen-bond acceptors (Lipinski definition) is 6.